The number of carbonyl (C=O) groups excluding carboxylic acids is 1. The van der Waals surface area contributed by atoms with E-state index in [0.29, 0.717) is 18.2 Å². The molecule has 0 saturated carbocycles. The van der Waals surface area contributed by atoms with Crippen LogP contribution in [0.3, 0.4) is 0 Å². The molecule has 3 aromatic rings. The molecule has 9 heteroatoms. The number of hydrogen-bond acceptors (Lipinski definition) is 1. The van der Waals surface area contributed by atoms with Crippen LogP contribution in [0.15, 0.2) is 54.6 Å². The van der Waals surface area contributed by atoms with Gasteiger partial charge in [-0.15, -0.1) is 0 Å². The Kier molecular flexibility index (Phi) is 5.82. The van der Waals surface area contributed by atoms with E-state index in [1.807, 2.05) is 0 Å². The third kappa shape index (κ3) is 4.61. The van der Waals surface area contributed by atoms with E-state index in [1.54, 1.807) is 0 Å². The lowest BCUT2D eigenvalue weighted by Crippen LogP contribution is -2.16. The molecule has 0 unspecified atom stereocenters. The number of nitrogens with one attached hydrogen (secondary N) is 1. The summed E-state index contributed by atoms with van der Waals surface area (Å²) in [5.74, 6) is -5.29. The quantitative estimate of drug-likeness (QED) is 0.501. The van der Waals surface area contributed by atoms with Crippen LogP contribution in [0.25, 0.3) is 0 Å². The molecule has 0 aliphatic rings. The highest BCUT2D eigenvalue weighted by Gasteiger charge is 2.33. The lowest BCUT2D eigenvalue weighted by atomic mass is 9.98. The molecule has 0 saturated heterocycles. The van der Waals surface area contributed by atoms with Gasteiger partial charge in [-0.3, -0.25) is 4.79 Å². The average molecular weight is 427 g/mol. The fraction of sp³-hybridized carbons (Fsp3) is 0.0952. The molecule has 30 heavy (non-hydrogen) atoms. The molecule has 1 amide bonds. The number of benzene rings is 3. The molecular formula is C21H12F7NO. The first kappa shape index (κ1) is 21.4. The Balaban J connectivity index is 1.85. The second-order valence-electron chi connectivity index (χ2n) is 6.33. The number of carbonyl (C=O) groups is 1. The minimum absolute atomic E-state index is 0.167. The molecule has 0 aliphatic carbocycles. The topological polar surface area (TPSA) is 29.1 Å². The highest BCUT2D eigenvalue weighted by atomic mass is 19.4. The Bertz CT molecular complexity index is 1090. The summed E-state index contributed by atoms with van der Waals surface area (Å²) in [7, 11) is 0. The fourth-order valence-electron chi connectivity index (χ4n) is 2.87. The van der Waals surface area contributed by atoms with E-state index in [2.05, 4.69) is 5.32 Å². The van der Waals surface area contributed by atoms with Gasteiger partial charge in [0.05, 0.1) is 5.56 Å². The molecule has 0 bridgehead atoms. The standard InChI is InChI=1S/C21H12F7NO/c22-13-5-7-15(21(26,27)28)12(9-13)8-11-4-6-14(10-18(11)25)29-20(30)19-16(23)2-1-3-17(19)24/h1-7,9-10H,8H2,(H,29,30). The van der Waals surface area contributed by atoms with E-state index in [9.17, 15) is 35.5 Å². The van der Waals surface area contributed by atoms with E-state index in [4.69, 9.17) is 0 Å². The van der Waals surface area contributed by atoms with Gasteiger partial charge in [-0.05, 0) is 53.6 Å². The van der Waals surface area contributed by atoms with Crippen LogP contribution < -0.4 is 5.32 Å². The first-order valence-electron chi connectivity index (χ1n) is 8.45. The summed E-state index contributed by atoms with van der Waals surface area (Å²) in [6, 6.07) is 7.74. The van der Waals surface area contributed by atoms with Gasteiger partial charge in [-0.1, -0.05) is 12.1 Å². The lowest BCUT2D eigenvalue weighted by molar-refractivity contribution is -0.138. The predicted octanol–water partition coefficient (Wildman–Crippen LogP) is 6.10. The summed E-state index contributed by atoms with van der Waals surface area (Å²) in [5, 5.41) is 2.12. The van der Waals surface area contributed by atoms with E-state index < -0.39 is 58.5 Å². The van der Waals surface area contributed by atoms with Crippen molar-refractivity contribution < 1.29 is 35.5 Å². The zero-order valence-corrected chi connectivity index (χ0v) is 15.0. The monoisotopic (exact) mass is 427 g/mol. The molecule has 1 N–H and O–H groups in total. The van der Waals surface area contributed by atoms with Crippen LogP contribution in [0.4, 0.5) is 36.4 Å². The Morgan fingerprint density at radius 3 is 2.07 bits per heavy atom. The van der Waals surface area contributed by atoms with E-state index >= 15 is 0 Å². The minimum Gasteiger partial charge on any atom is -0.322 e. The number of anilines is 1. The third-order valence-electron chi connectivity index (χ3n) is 4.25. The van der Waals surface area contributed by atoms with Gasteiger partial charge in [-0.2, -0.15) is 13.2 Å². The van der Waals surface area contributed by atoms with E-state index in [1.165, 1.54) is 0 Å². The maximum Gasteiger partial charge on any atom is 0.416 e. The van der Waals surface area contributed by atoms with Crippen molar-refractivity contribution >= 4 is 11.6 Å². The molecule has 0 spiro atoms. The number of halogens is 7. The Hall–Kier alpha value is -3.36. The van der Waals surface area contributed by atoms with Gasteiger partial charge in [0.2, 0.25) is 0 Å². The van der Waals surface area contributed by atoms with Crippen LogP contribution in [0, 0.1) is 23.3 Å². The fourth-order valence-corrected chi connectivity index (χ4v) is 2.87. The van der Waals surface area contributed by atoms with Crippen LogP contribution in [0.5, 0.6) is 0 Å². The summed E-state index contributed by atoms with van der Waals surface area (Å²) >= 11 is 0. The Morgan fingerprint density at radius 1 is 0.800 bits per heavy atom. The average Bonchev–Trinajstić information content (AvgIpc) is 2.63. The minimum atomic E-state index is -4.75. The van der Waals surface area contributed by atoms with Crippen LogP contribution >= 0.6 is 0 Å². The van der Waals surface area contributed by atoms with Crippen molar-refractivity contribution in [3.05, 3.63) is 100 Å². The molecule has 3 rings (SSSR count). The van der Waals surface area contributed by atoms with Crippen molar-refractivity contribution in [1.82, 2.24) is 0 Å². The molecular weight excluding hydrogens is 415 g/mol. The first-order chi connectivity index (χ1) is 14.1. The molecule has 0 atom stereocenters. The maximum absolute atomic E-state index is 14.4. The van der Waals surface area contributed by atoms with Gasteiger partial charge >= 0.3 is 6.18 Å². The first-order valence-corrected chi connectivity index (χ1v) is 8.45. The van der Waals surface area contributed by atoms with Gasteiger partial charge in [0.25, 0.3) is 5.91 Å². The lowest BCUT2D eigenvalue weighted by Gasteiger charge is -2.14. The SMILES string of the molecule is O=C(Nc1ccc(Cc2cc(F)ccc2C(F)(F)F)c(F)c1)c1c(F)cccc1F. The largest absolute Gasteiger partial charge is 0.416 e. The highest BCUT2D eigenvalue weighted by molar-refractivity contribution is 6.04. The Labute approximate surface area is 166 Å². The van der Waals surface area contributed by atoms with Gasteiger partial charge < -0.3 is 5.32 Å². The van der Waals surface area contributed by atoms with E-state index in [-0.39, 0.29) is 11.3 Å². The summed E-state index contributed by atoms with van der Waals surface area (Å²) in [4.78, 5) is 12.1. The van der Waals surface area contributed by atoms with Crippen molar-refractivity contribution in [3.63, 3.8) is 0 Å². The Morgan fingerprint density at radius 2 is 1.47 bits per heavy atom. The zero-order chi connectivity index (χ0) is 22.1. The van der Waals surface area contributed by atoms with E-state index in [0.717, 1.165) is 36.4 Å². The molecule has 0 heterocycles. The molecule has 0 aromatic heterocycles. The molecule has 0 radical (unpaired) electrons. The predicted molar refractivity (Wildman–Crippen MR) is 94.9 cm³/mol. The second kappa shape index (κ2) is 8.17. The van der Waals surface area contributed by atoms with Crippen LogP contribution in [0.1, 0.15) is 27.0 Å². The third-order valence-corrected chi connectivity index (χ3v) is 4.25. The summed E-state index contributed by atoms with van der Waals surface area (Å²) in [5.41, 5.74) is -2.79. The van der Waals surface area contributed by atoms with Crippen LogP contribution in [-0.4, -0.2) is 5.91 Å². The van der Waals surface area contributed by atoms with Crippen molar-refractivity contribution in [2.24, 2.45) is 0 Å². The number of rotatable bonds is 4. The van der Waals surface area contributed by atoms with Gasteiger partial charge in [-0.25, -0.2) is 17.6 Å². The molecule has 0 aliphatic heterocycles. The molecule has 2 nitrogen and oxygen atoms in total. The summed E-state index contributed by atoms with van der Waals surface area (Å²) in [6.45, 7) is 0. The van der Waals surface area contributed by atoms with Crippen LogP contribution in [0.2, 0.25) is 0 Å². The van der Waals surface area contributed by atoms with Crippen molar-refractivity contribution in [2.45, 2.75) is 12.6 Å². The summed E-state index contributed by atoms with van der Waals surface area (Å²) in [6.07, 6.45) is -5.31. The highest BCUT2D eigenvalue weighted by Crippen LogP contribution is 2.34. The van der Waals surface area contributed by atoms with Crippen molar-refractivity contribution in [1.29, 1.82) is 0 Å². The van der Waals surface area contributed by atoms with Gasteiger partial charge in [0.15, 0.2) is 0 Å². The number of amides is 1. The summed E-state index contributed by atoms with van der Waals surface area (Å²) < 4.78 is 94.4. The number of alkyl halides is 3. The van der Waals surface area contributed by atoms with Crippen LogP contribution in [-0.2, 0) is 12.6 Å². The molecule has 0 fully saturated rings. The van der Waals surface area contributed by atoms with Gasteiger partial charge in [0.1, 0.15) is 28.8 Å². The zero-order valence-electron chi connectivity index (χ0n) is 15.0. The smallest absolute Gasteiger partial charge is 0.322 e. The second-order valence-corrected chi connectivity index (χ2v) is 6.33. The van der Waals surface area contributed by atoms with Crippen molar-refractivity contribution in [2.75, 3.05) is 5.32 Å². The molecule has 3 aromatic carbocycles. The molecule has 156 valence electrons. The normalized spacial score (nSPS) is 11.4. The number of hydrogen-bond donors (Lipinski definition) is 1. The van der Waals surface area contributed by atoms with Gasteiger partial charge in [0, 0.05) is 12.1 Å². The van der Waals surface area contributed by atoms with Crippen molar-refractivity contribution in [3.8, 4) is 0 Å². The maximum atomic E-state index is 14.4.